The Morgan fingerprint density at radius 1 is 1.10 bits per heavy atom. The third-order valence-corrected chi connectivity index (χ3v) is 9.12. The van der Waals surface area contributed by atoms with Crippen LogP contribution in [0, 0.1) is 28.8 Å². The number of urea groups is 1. The number of likely N-dealkylation sites (tertiary alicyclic amines) is 1. The predicted molar refractivity (Wildman–Crippen MR) is 143 cm³/mol. The van der Waals surface area contributed by atoms with E-state index in [0.29, 0.717) is 31.6 Å². The van der Waals surface area contributed by atoms with Gasteiger partial charge in [-0.3, -0.25) is 9.36 Å². The van der Waals surface area contributed by atoms with Crippen LogP contribution in [-0.4, -0.2) is 57.7 Å². The molecule has 3 fully saturated rings. The zero-order valence-electron chi connectivity index (χ0n) is 22.5. The van der Waals surface area contributed by atoms with E-state index in [9.17, 15) is 22.8 Å². The second kappa shape index (κ2) is 10.5. The number of rotatable bonds is 3. The first-order valence-electron chi connectivity index (χ1n) is 14.0. The van der Waals surface area contributed by atoms with E-state index in [1.807, 2.05) is 11.8 Å². The SMILES string of the molecule is C[C@H]1CN(C(=O)N2CC[C@@H](Cn3cnc4ccc(F)cc4c3=O)C3(CCCC3)C2)[C@H](c2cc(F)ccc2F)CO1. The molecule has 2 saturated heterocycles. The minimum atomic E-state index is -0.723. The fraction of sp³-hybridized carbons (Fsp3) is 0.500. The fourth-order valence-electron chi connectivity index (χ4n) is 7.02. The fourth-order valence-corrected chi connectivity index (χ4v) is 7.02. The molecule has 212 valence electrons. The molecule has 3 aliphatic rings. The molecule has 3 aromatic rings. The molecule has 1 saturated carbocycles. The summed E-state index contributed by atoms with van der Waals surface area (Å²) in [6.07, 6.45) is 5.96. The van der Waals surface area contributed by atoms with Gasteiger partial charge in [0.05, 0.1) is 36.0 Å². The Labute approximate surface area is 230 Å². The van der Waals surface area contributed by atoms with Gasteiger partial charge in [-0.05, 0) is 73.9 Å². The molecule has 2 aromatic carbocycles. The molecule has 0 radical (unpaired) electrons. The largest absolute Gasteiger partial charge is 0.374 e. The van der Waals surface area contributed by atoms with Gasteiger partial charge in [0, 0.05) is 31.7 Å². The number of fused-ring (bicyclic) bond motifs is 1. The van der Waals surface area contributed by atoms with Gasteiger partial charge >= 0.3 is 6.03 Å². The summed E-state index contributed by atoms with van der Waals surface area (Å²) in [5.74, 6) is -1.46. The van der Waals surface area contributed by atoms with E-state index < -0.39 is 23.5 Å². The monoisotopic (exact) mass is 554 g/mol. The van der Waals surface area contributed by atoms with Crippen LogP contribution in [0.2, 0.25) is 0 Å². The van der Waals surface area contributed by atoms with E-state index in [-0.39, 0.29) is 53.1 Å². The van der Waals surface area contributed by atoms with Crippen molar-refractivity contribution in [3.05, 3.63) is 76.1 Å². The first-order valence-corrected chi connectivity index (χ1v) is 14.0. The Hall–Kier alpha value is -3.40. The first-order chi connectivity index (χ1) is 19.2. The molecule has 2 amide bonds. The summed E-state index contributed by atoms with van der Waals surface area (Å²) < 4.78 is 50.0. The van der Waals surface area contributed by atoms with Crippen molar-refractivity contribution in [1.29, 1.82) is 0 Å². The lowest BCUT2D eigenvalue weighted by Gasteiger charge is -2.49. The molecule has 3 atom stereocenters. The lowest BCUT2D eigenvalue weighted by Crippen LogP contribution is -2.57. The highest BCUT2D eigenvalue weighted by Crippen LogP contribution is 2.49. The molecule has 6 rings (SSSR count). The van der Waals surface area contributed by atoms with Crippen LogP contribution in [0.4, 0.5) is 18.0 Å². The number of benzene rings is 2. The molecule has 0 unspecified atom stereocenters. The maximum Gasteiger partial charge on any atom is 0.320 e. The second-order valence-corrected chi connectivity index (χ2v) is 11.6. The lowest BCUT2D eigenvalue weighted by molar-refractivity contribution is -0.0512. The van der Waals surface area contributed by atoms with Gasteiger partial charge in [-0.25, -0.2) is 22.9 Å². The minimum Gasteiger partial charge on any atom is -0.374 e. The molecule has 1 spiro atoms. The van der Waals surface area contributed by atoms with Crippen molar-refractivity contribution in [2.75, 3.05) is 26.2 Å². The summed E-state index contributed by atoms with van der Waals surface area (Å²) in [5.41, 5.74) is 0.147. The molecule has 3 heterocycles. The molecular formula is C30H33F3N4O3. The number of carbonyl (C=O) groups is 1. The van der Waals surface area contributed by atoms with Crippen molar-refractivity contribution in [1.82, 2.24) is 19.4 Å². The standard InChI is InChI=1S/C30H33F3N4O3/c1-19-14-37(27(16-40-19)23-12-21(31)4-6-25(23)33)29(39)35-11-8-20(30(17-35)9-2-3-10-30)15-36-18-34-26-7-5-22(32)13-24(26)28(36)38/h4-7,12-13,18-20,27H,2-3,8-11,14-17H2,1H3/t19-,20-,27-/m0/s1. The average Bonchev–Trinajstić information content (AvgIpc) is 3.41. The normalized spacial score (nSPS) is 24.6. The molecule has 10 heteroatoms. The van der Waals surface area contributed by atoms with Crippen LogP contribution in [0.15, 0.2) is 47.5 Å². The number of nitrogens with zero attached hydrogens (tertiary/aromatic N) is 4. The van der Waals surface area contributed by atoms with E-state index in [1.54, 1.807) is 9.47 Å². The lowest BCUT2D eigenvalue weighted by atomic mass is 9.69. The highest BCUT2D eigenvalue weighted by molar-refractivity contribution is 5.77. The molecule has 0 bridgehead atoms. The summed E-state index contributed by atoms with van der Waals surface area (Å²) in [6.45, 7) is 3.70. The van der Waals surface area contributed by atoms with Crippen LogP contribution < -0.4 is 5.56 Å². The van der Waals surface area contributed by atoms with Crippen LogP contribution >= 0.6 is 0 Å². The summed E-state index contributed by atoms with van der Waals surface area (Å²) >= 11 is 0. The summed E-state index contributed by atoms with van der Waals surface area (Å²) in [7, 11) is 0. The second-order valence-electron chi connectivity index (χ2n) is 11.6. The Morgan fingerprint density at radius 2 is 1.85 bits per heavy atom. The average molecular weight is 555 g/mol. The molecule has 0 N–H and O–H groups in total. The zero-order chi connectivity index (χ0) is 28.0. The highest BCUT2D eigenvalue weighted by atomic mass is 19.1. The molecule has 2 aliphatic heterocycles. The quantitative estimate of drug-likeness (QED) is 0.442. The number of amides is 2. The van der Waals surface area contributed by atoms with Gasteiger partial charge in [0.1, 0.15) is 17.5 Å². The van der Waals surface area contributed by atoms with Crippen LogP contribution in [0.25, 0.3) is 10.9 Å². The first kappa shape index (κ1) is 26.8. The van der Waals surface area contributed by atoms with E-state index in [0.717, 1.165) is 43.9 Å². The number of ether oxygens (including phenoxy) is 1. The summed E-state index contributed by atoms with van der Waals surface area (Å²) in [6, 6.07) is 6.41. The van der Waals surface area contributed by atoms with Crippen molar-refractivity contribution in [3.8, 4) is 0 Å². The molecule has 40 heavy (non-hydrogen) atoms. The van der Waals surface area contributed by atoms with Gasteiger partial charge in [0.25, 0.3) is 5.56 Å². The van der Waals surface area contributed by atoms with Crippen LogP contribution in [0.1, 0.15) is 50.6 Å². The summed E-state index contributed by atoms with van der Waals surface area (Å²) in [5, 5.41) is 0.257. The number of halogens is 3. The van der Waals surface area contributed by atoms with Gasteiger partial charge in [0.2, 0.25) is 0 Å². The van der Waals surface area contributed by atoms with Gasteiger partial charge < -0.3 is 14.5 Å². The van der Waals surface area contributed by atoms with E-state index in [4.69, 9.17) is 4.74 Å². The zero-order valence-corrected chi connectivity index (χ0v) is 22.5. The van der Waals surface area contributed by atoms with Crippen LogP contribution in [0.5, 0.6) is 0 Å². The van der Waals surface area contributed by atoms with Crippen molar-refractivity contribution in [3.63, 3.8) is 0 Å². The molecule has 1 aromatic heterocycles. The molecular weight excluding hydrogens is 521 g/mol. The minimum absolute atomic E-state index is 0.0906. The Morgan fingerprint density at radius 3 is 2.65 bits per heavy atom. The number of morpholine rings is 1. The van der Waals surface area contributed by atoms with Crippen molar-refractivity contribution in [2.24, 2.45) is 11.3 Å². The number of hydrogen-bond donors (Lipinski definition) is 0. The van der Waals surface area contributed by atoms with Crippen molar-refractivity contribution >= 4 is 16.9 Å². The van der Waals surface area contributed by atoms with Gasteiger partial charge in [-0.1, -0.05) is 12.8 Å². The third kappa shape index (κ3) is 4.87. The van der Waals surface area contributed by atoms with Gasteiger partial charge in [-0.15, -0.1) is 0 Å². The van der Waals surface area contributed by atoms with E-state index in [1.165, 1.54) is 24.5 Å². The Bertz CT molecular complexity index is 1490. The molecule has 7 nitrogen and oxygen atoms in total. The topological polar surface area (TPSA) is 67.7 Å². The van der Waals surface area contributed by atoms with Crippen molar-refractivity contribution in [2.45, 2.75) is 57.7 Å². The number of carbonyl (C=O) groups excluding carboxylic acids is 1. The van der Waals surface area contributed by atoms with Gasteiger partial charge in [-0.2, -0.15) is 0 Å². The van der Waals surface area contributed by atoms with E-state index >= 15 is 0 Å². The van der Waals surface area contributed by atoms with E-state index in [2.05, 4.69) is 4.98 Å². The third-order valence-electron chi connectivity index (χ3n) is 9.12. The maximum atomic E-state index is 14.8. The number of aromatic nitrogens is 2. The summed E-state index contributed by atoms with van der Waals surface area (Å²) in [4.78, 5) is 35.1. The maximum absolute atomic E-state index is 14.8. The Balaban J connectivity index is 1.25. The molecule has 1 aliphatic carbocycles. The Kier molecular flexibility index (Phi) is 7.06. The van der Waals surface area contributed by atoms with Crippen molar-refractivity contribution < 1.29 is 22.7 Å². The van der Waals surface area contributed by atoms with Gasteiger partial charge in [0.15, 0.2) is 0 Å². The smallest absolute Gasteiger partial charge is 0.320 e. The van der Waals surface area contributed by atoms with Crippen LogP contribution in [-0.2, 0) is 11.3 Å². The highest BCUT2D eigenvalue weighted by Gasteiger charge is 2.48. The van der Waals surface area contributed by atoms with Crippen LogP contribution in [0.3, 0.4) is 0 Å². The number of piperidine rings is 1. The predicted octanol–water partition coefficient (Wildman–Crippen LogP) is 5.28. The number of hydrogen-bond acceptors (Lipinski definition) is 4.